The Morgan fingerprint density at radius 1 is 1.25 bits per heavy atom. The van der Waals surface area contributed by atoms with Crippen molar-refractivity contribution in [2.45, 2.75) is 52.8 Å². The zero-order valence-electron chi connectivity index (χ0n) is 8.39. The third kappa shape index (κ3) is 1.79. The molecule has 0 aromatic heterocycles. The Kier molecular flexibility index (Phi) is 2.24. The van der Waals surface area contributed by atoms with E-state index in [4.69, 9.17) is 0 Å². The Labute approximate surface area is 74.0 Å². The molecule has 0 heterocycles. The Bertz CT molecular complexity index is 175. The minimum absolute atomic E-state index is 0.0749. The molecule has 0 bridgehead atoms. The number of halogens is 1. The van der Waals surface area contributed by atoms with E-state index in [1.165, 1.54) is 0 Å². The molecule has 0 aromatic carbocycles. The minimum Gasteiger partial charge on any atom is -0.390 e. The smallest absolute Gasteiger partial charge is 0.131 e. The lowest BCUT2D eigenvalue weighted by molar-refractivity contribution is -0.0764. The molecule has 1 aliphatic rings. The lowest BCUT2D eigenvalue weighted by Gasteiger charge is -2.45. The second-order valence-electron chi connectivity index (χ2n) is 5.50. The van der Waals surface area contributed by atoms with Gasteiger partial charge in [0.15, 0.2) is 0 Å². The molecule has 0 saturated heterocycles. The van der Waals surface area contributed by atoms with E-state index in [2.05, 4.69) is 13.8 Å². The summed E-state index contributed by atoms with van der Waals surface area (Å²) in [5.74, 6) is 0. The summed E-state index contributed by atoms with van der Waals surface area (Å²) in [5, 5.41) is 9.47. The molecular weight excluding hydrogens is 155 g/mol. The van der Waals surface area contributed by atoms with Gasteiger partial charge in [-0.3, -0.25) is 0 Å². The summed E-state index contributed by atoms with van der Waals surface area (Å²) in [5.41, 5.74) is -0.299. The first-order valence-electron chi connectivity index (χ1n) is 4.57. The first-order valence-corrected chi connectivity index (χ1v) is 4.57. The summed E-state index contributed by atoms with van der Waals surface area (Å²) in [6.07, 6.45) is -0.412. The largest absolute Gasteiger partial charge is 0.390 e. The van der Waals surface area contributed by atoms with Crippen molar-refractivity contribution >= 4 is 0 Å². The van der Waals surface area contributed by atoms with Crippen LogP contribution >= 0.6 is 0 Å². The van der Waals surface area contributed by atoms with E-state index >= 15 is 0 Å². The Hall–Kier alpha value is -0.110. The molecule has 1 fully saturated rings. The summed E-state index contributed by atoms with van der Waals surface area (Å²) in [6, 6.07) is 0. The van der Waals surface area contributed by atoms with Crippen LogP contribution in [0, 0.1) is 10.8 Å². The van der Waals surface area contributed by atoms with Crippen LogP contribution in [0.4, 0.5) is 4.39 Å². The molecule has 1 rings (SSSR count). The molecule has 12 heavy (non-hydrogen) atoms. The fraction of sp³-hybridized carbons (Fsp3) is 1.00. The molecular formula is C10H19FO. The predicted molar refractivity (Wildman–Crippen MR) is 47.7 cm³/mol. The van der Waals surface area contributed by atoms with Crippen molar-refractivity contribution < 1.29 is 9.50 Å². The lowest BCUT2D eigenvalue weighted by atomic mass is 9.63. The van der Waals surface area contributed by atoms with Crippen LogP contribution in [0.25, 0.3) is 0 Å². The quantitative estimate of drug-likeness (QED) is 0.598. The second kappa shape index (κ2) is 2.69. The third-order valence-corrected chi connectivity index (χ3v) is 2.78. The fourth-order valence-corrected chi connectivity index (χ4v) is 2.59. The average Bonchev–Trinajstić information content (AvgIpc) is 1.79. The van der Waals surface area contributed by atoms with Crippen LogP contribution in [-0.2, 0) is 0 Å². The van der Waals surface area contributed by atoms with E-state index in [9.17, 15) is 9.50 Å². The molecule has 0 spiro atoms. The van der Waals surface area contributed by atoms with Crippen molar-refractivity contribution in [3.63, 3.8) is 0 Å². The maximum atomic E-state index is 13.4. The number of hydrogen-bond acceptors (Lipinski definition) is 1. The Balaban J connectivity index is 2.80. The molecule has 0 radical (unpaired) electrons. The van der Waals surface area contributed by atoms with Crippen LogP contribution in [0.5, 0.6) is 0 Å². The van der Waals surface area contributed by atoms with E-state index in [-0.39, 0.29) is 10.8 Å². The van der Waals surface area contributed by atoms with Crippen LogP contribution in [0.1, 0.15) is 40.5 Å². The number of aliphatic hydroxyl groups excluding tert-OH is 1. The Morgan fingerprint density at radius 2 is 1.75 bits per heavy atom. The molecule has 1 aliphatic carbocycles. The molecule has 2 heteroatoms. The van der Waals surface area contributed by atoms with Gasteiger partial charge in [-0.2, -0.15) is 0 Å². The van der Waals surface area contributed by atoms with Crippen LogP contribution in [0.3, 0.4) is 0 Å². The second-order valence-corrected chi connectivity index (χ2v) is 5.50. The first kappa shape index (κ1) is 9.97. The first-order chi connectivity index (χ1) is 5.25. The van der Waals surface area contributed by atoms with E-state index in [0.717, 1.165) is 6.42 Å². The van der Waals surface area contributed by atoms with Gasteiger partial charge in [0.1, 0.15) is 6.17 Å². The van der Waals surface area contributed by atoms with Crippen LogP contribution in [-0.4, -0.2) is 17.4 Å². The molecule has 0 amide bonds. The molecule has 1 saturated carbocycles. The van der Waals surface area contributed by atoms with Gasteiger partial charge in [0.05, 0.1) is 6.10 Å². The van der Waals surface area contributed by atoms with Gasteiger partial charge < -0.3 is 5.11 Å². The molecule has 1 nitrogen and oxygen atoms in total. The number of rotatable bonds is 0. The SMILES string of the molecule is CC1(C)C[C@@H](O)[C@@H](F)C(C)(C)C1. The lowest BCUT2D eigenvalue weighted by Crippen LogP contribution is -2.46. The highest BCUT2D eigenvalue weighted by atomic mass is 19.1. The third-order valence-electron chi connectivity index (χ3n) is 2.78. The van der Waals surface area contributed by atoms with Crippen molar-refractivity contribution in [2.75, 3.05) is 0 Å². The van der Waals surface area contributed by atoms with E-state index in [1.54, 1.807) is 0 Å². The van der Waals surface area contributed by atoms with Crippen molar-refractivity contribution in [3.8, 4) is 0 Å². The van der Waals surface area contributed by atoms with Crippen molar-refractivity contribution in [3.05, 3.63) is 0 Å². The highest BCUT2D eigenvalue weighted by Crippen LogP contribution is 2.47. The van der Waals surface area contributed by atoms with Gasteiger partial charge in [-0.15, -0.1) is 0 Å². The summed E-state index contributed by atoms with van der Waals surface area (Å²) >= 11 is 0. The van der Waals surface area contributed by atoms with E-state index in [1.807, 2.05) is 13.8 Å². The van der Waals surface area contributed by atoms with Crippen molar-refractivity contribution in [2.24, 2.45) is 10.8 Å². The number of hydrogen-bond donors (Lipinski definition) is 1. The summed E-state index contributed by atoms with van der Waals surface area (Å²) < 4.78 is 13.4. The van der Waals surface area contributed by atoms with Crippen molar-refractivity contribution in [1.82, 2.24) is 0 Å². The van der Waals surface area contributed by atoms with Crippen LogP contribution in [0.2, 0.25) is 0 Å². The van der Waals surface area contributed by atoms with Gasteiger partial charge in [0.2, 0.25) is 0 Å². The zero-order chi connectivity index (χ0) is 9.57. The maximum absolute atomic E-state index is 13.4. The molecule has 0 unspecified atom stereocenters. The highest BCUT2D eigenvalue weighted by Gasteiger charge is 2.45. The van der Waals surface area contributed by atoms with Gasteiger partial charge in [-0.25, -0.2) is 4.39 Å². The minimum atomic E-state index is -1.06. The average molecular weight is 174 g/mol. The molecule has 0 aromatic rings. The van der Waals surface area contributed by atoms with Gasteiger partial charge in [-0.1, -0.05) is 27.7 Å². The fourth-order valence-electron chi connectivity index (χ4n) is 2.59. The summed E-state index contributed by atoms with van der Waals surface area (Å²) in [4.78, 5) is 0. The van der Waals surface area contributed by atoms with Gasteiger partial charge in [0.25, 0.3) is 0 Å². The topological polar surface area (TPSA) is 20.2 Å². The van der Waals surface area contributed by atoms with E-state index < -0.39 is 12.3 Å². The molecule has 72 valence electrons. The normalized spacial score (nSPS) is 39.5. The molecule has 0 aliphatic heterocycles. The van der Waals surface area contributed by atoms with E-state index in [0.29, 0.717) is 6.42 Å². The number of alkyl halides is 1. The zero-order valence-corrected chi connectivity index (χ0v) is 8.39. The van der Waals surface area contributed by atoms with Gasteiger partial charge in [0, 0.05) is 0 Å². The highest BCUT2D eigenvalue weighted by molar-refractivity contribution is 4.95. The molecule has 2 atom stereocenters. The Morgan fingerprint density at radius 3 is 2.17 bits per heavy atom. The monoisotopic (exact) mass is 174 g/mol. The number of aliphatic hydroxyl groups is 1. The van der Waals surface area contributed by atoms with Gasteiger partial charge in [-0.05, 0) is 23.7 Å². The predicted octanol–water partition coefficient (Wildman–Crippen LogP) is 2.53. The molecule has 1 N–H and O–H groups in total. The van der Waals surface area contributed by atoms with Crippen LogP contribution in [0.15, 0.2) is 0 Å². The standard InChI is InChI=1S/C10H19FO/c1-9(2)5-7(12)8(11)10(3,4)6-9/h7-8,12H,5-6H2,1-4H3/t7-,8-/m1/s1. The summed E-state index contributed by atoms with van der Waals surface area (Å²) in [7, 11) is 0. The van der Waals surface area contributed by atoms with Crippen LogP contribution < -0.4 is 0 Å². The maximum Gasteiger partial charge on any atom is 0.131 e. The van der Waals surface area contributed by atoms with Gasteiger partial charge >= 0.3 is 0 Å². The van der Waals surface area contributed by atoms with Crippen molar-refractivity contribution in [1.29, 1.82) is 0 Å². The summed E-state index contributed by atoms with van der Waals surface area (Å²) in [6.45, 7) is 7.96.